The van der Waals surface area contributed by atoms with Gasteiger partial charge in [-0.15, -0.1) is 0 Å². The van der Waals surface area contributed by atoms with Gasteiger partial charge in [0.05, 0.1) is 11.6 Å². The number of benzene rings is 1. The molecule has 1 aliphatic carbocycles. The van der Waals surface area contributed by atoms with E-state index in [1.165, 1.54) is 6.92 Å². The maximum Gasteiger partial charge on any atom is 0.243 e. The van der Waals surface area contributed by atoms with Gasteiger partial charge in [0.15, 0.2) is 0 Å². The summed E-state index contributed by atoms with van der Waals surface area (Å²) in [5.74, 6) is -2.18. The largest absolute Gasteiger partial charge is 0.368 e. The van der Waals surface area contributed by atoms with Crippen molar-refractivity contribution in [1.29, 1.82) is 5.26 Å². The summed E-state index contributed by atoms with van der Waals surface area (Å²) in [4.78, 5) is 55.0. The summed E-state index contributed by atoms with van der Waals surface area (Å²) >= 11 is 0. The molecule has 38 heavy (non-hydrogen) atoms. The van der Waals surface area contributed by atoms with Gasteiger partial charge in [-0.25, -0.2) is 0 Å². The normalized spacial score (nSPS) is 15.8. The number of hydrogen-bond acceptors (Lipinski definition) is 6. The quantitative estimate of drug-likeness (QED) is 0.349. The molecule has 1 aromatic heterocycles. The van der Waals surface area contributed by atoms with Crippen LogP contribution >= 0.6 is 0 Å². The van der Waals surface area contributed by atoms with Gasteiger partial charge < -0.3 is 21.7 Å². The molecule has 0 spiro atoms. The van der Waals surface area contributed by atoms with Crippen LogP contribution in [0.1, 0.15) is 55.7 Å². The average Bonchev–Trinajstić information content (AvgIpc) is 2.92. The molecule has 10 heteroatoms. The van der Waals surface area contributed by atoms with E-state index in [0.29, 0.717) is 5.56 Å². The number of rotatable bonds is 11. The third-order valence-corrected chi connectivity index (χ3v) is 6.74. The summed E-state index contributed by atoms with van der Waals surface area (Å²) in [6, 6.07) is 9.50. The predicted molar refractivity (Wildman–Crippen MR) is 140 cm³/mol. The predicted octanol–water partition coefficient (Wildman–Crippen LogP) is 1.28. The second kappa shape index (κ2) is 13.9. The Kier molecular flexibility index (Phi) is 10.3. The fourth-order valence-corrected chi connectivity index (χ4v) is 4.76. The molecule has 4 amide bonds. The topological polar surface area (TPSA) is 167 Å². The number of carbonyl (C=O) groups is 4. The lowest BCUT2D eigenvalue weighted by Gasteiger charge is -2.32. The van der Waals surface area contributed by atoms with Gasteiger partial charge >= 0.3 is 0 Å². The maximum absolute atomic E-state index is 13.5. The van der Waals surface area contributed by atoms with Gasteiger partial charge in [-0.2, -0.15) is 5.26 Å². The molecule has 1 fully saturated rings. The van der Waals surface area contributed by atoms with Crippen molar-refractivity contribution in [2.45, 2.75) is 70.0 Å². The molecule has 0 radical (unpaired) electrons. The van der Waals surface area contributed by atoms with Gasteiger partial charge in [0.25, 0.3) is 0 Å². The number of pyridine rings is 1. The summed E-state index contributed by atoms with van der Waals surface area (Å²) in [5.41, 5.74) is 7.57. The second-order valence-corrected chi connectivity index (χ2v) is 9.68. The number of nitrogens with two attached hydrogens (primary N) is 1. The molecule has 0 unspecified atom stereocenters. The number of carbonyl (C=O) groups excluding carboxylic acids is 4. The molecule has 1 aliphatic rings. The van der Waals surface area contributed by atoms with E-state index in [9.17, 15) is 19.2 Å². The lowest BCUT2D eigenvalue weighted by atomic mass is 9.83. The fraction of sp³-hybridized carbons (Fsp3) is 0.429. The molecular formula is C28H34N6O4. The van der Waals surface area contributed by atoms with E-state index in [1.54, 1.807) is 48.8 Å². The highest BCUT2D eigenvalue weighted by molar-refractivity contribution is 5.94. The van der Waals surface area contributed by atoms with Crippen molar-refractivity contribution in [1.82, 2.24) is 20.9 Å². The standard InChI is InChI=1S/C28H34N6O4/c1-18(35)32-24(14-19-9-11-20(16-29)12-10-19)27(37)34-25(22-7-3-2-4-8-22)28(38)33-23(26(30)36)15-21-6-5-13-31-17-21/h5-6,9-13,17,22-25H,2-4,7-8,14-15H2,1H3,(H2,30,36)(H,32,35)(H,33,38)(H,34,37)/t23-,24-,25-/m0/s1. The highest BCUT2D eigenvalue weighted by Gasteiger charge is 2.34. The van der Waals surface area contributed by atoms with Crippen LogP contribution in [0.5, 0.6) is 0 Å². The minimum atomic E-state index is -0.973. The van der Waals surface area contributed by atoms with E-state index in [0.717, 1.165) is 43.2 Å². The summed E-state index contributed by atoms with van der Waals surface area (Å²) in [6.07, 6.45) is 7.99. The molecule has 10 nitrogen and oxygen atoms in total. The van der Waals surface area contributed by atoms with E-state index in [1.807, 2.05) is 6.07 Å². The van der Waals surface area contributed by atoms with E-state index in [-0.39, 0.29) is 24.7 Å². The van der Waals surface area contributed by atoms with Crippen LogP contribution in [0, 0.1) is 17.2 Å². The molecule has 2 aromatic rings. The lowest BCUT2D eigenvalue weighted by Crippen LogP contribution is -2.59. The number of primary amides is 1. The zero-order valence-corrected chi connectivity index (χ0v) is 21.5. The molecular weight excluding hydrogens is 484 g/mol. The van der Waals surface area contributed by atoms with E-state index >= 15 is 0 Å². The maximum atomic E-state index is 13.5. The SMILES string of the molecule is CC(=O)N[C@@H](Cc1ccc(C#N)cc1)C(=O)N[C@H](C(=O)N[C@@H](Cc1cccnc1)C(N)=O)C1CCCCC1. The van der Waals surface area contributed by atoms with E-state index in [2.05, 4.69) is 20.9 Å². The van der Waals surface area contributed by atoms with E-state index < -0.39 is 35.8 Å². The lowest BCUT2D eigenvalue weighted by molar-refractivity contribution is -0.134. The van der Waals surface area contributed by atoms with Gasteiger partial charge in [-0.3, -0.25) is 24.2 Å². The molecule has 0 aliphatic heterocycles. The fourth-order valence-electron chi connectivity index (χ4n) is 4.76. The number of aromatic nitrogens is 1. The Balaban J connectivity index is 1.78. The molecule has 5 N–H and O–H groups in total. The number of amides is 4. The molecule has 1 heterocycles. The van der Waals surface area contributed by atoms with Crippen LogP contribution in [0.3, 0.4) is 0 Å². The van der Waals surface area contributed by atoms with Crippen LogP contribution < -0.4 is 21.7 Å². The Morgan fingerprint density at radius 3 is 2.21 bits per heavy atom. The Morgan fingerprint density at radius 2 is 1.63 bits per heavy atom. The van der Waals surface area contributed by atoms with Crippen molar-refractivity contribution >= 4 is 23.6 Å². The Bertz CT molecular complexity index is 1160. The molecule has 1 saturated carbocycles. The van der Waals surface area contributed by atoms with E-state index in [4.69, 9.17) is 11.0 Å². The summed E-state index contributed by atoms with van der Waals surface area (Å²) in [6.45, 7) is 1.32. The van der Waals surface area contributed by atoms with Gasteiger partial charge in [0.2, 0.25) is 23.6 Å². The van der Waals surface area contributed by atoms with Gasteiger partial charge in [0, 0.05) is 32.2 Å². The summed E-state index contributed by atoms with van der Waals surface area (Å²) < 4.78 is 0. The van der Waals surface area contributed by atoms with Crippen LogP contribution in [-0.4, -0.2) is 46.7 Å². The Hall–Kier alpha value is -4.26. The first-order valence-electron chi connectivity index (χ1n) is 12.8. The van der Waals surface area contributed by atoms with Crippen molar-refractivity contribution in [3.63, 3.8) is 0 Å². The molecule has 200 valence electrons. The molecule has 0 bridgehead atoms. The smallest absolute Gasteiger partial charge is 0.243 e. The average molecular weight is 519 g/mol. The zero-order chi connectivity index (χ0) is 27.5. The minimum absolute atomic E-state index is 0.118. The molecule has 3 atom stereocenters. The van der Waals surface area contributed by atoms with Crippen molar-refractivity contribution in [2.75, 3.05) is 0 Å². The number of nitrogens with zero attached hydrogens (tertiary/aromatic N) is 2. The highest BCUT2D eigenvalue weighted by atomic mass is 16.2. The van der Waals surface area contributed by atoms with Crippen LogP contribution in [0.4, 0.5) is 0 Å². The van der Waals surface area contributed by atoms with Crippen molar-refractivity contribution < 1.29 is 19.2 Å². The Labute approximate surface area is 222 Å². The third kappa shape index (κ3) is 8.40. The minimum Gasteiger partial charge on any atom is -0.368 e. The second-order valence-electron chi connectivity index (χ2n) is 9.68. The molecule has 1 aromatic carbocycles. The van der Waals surface area contributed by atoms with Crippen LogP contribution in [-0.2, 0) is 32.0 Å². The Morgan fingerprint density at radius 1 is 0.947 bits per heavy atom. The monoisotopic (exact) mass is 518 g/mol. The van der Waals surface area contributed by atoms with Crippen molar-refractivity contribution in [2.24, 2.45) is 11.7 Å². The van der Waals surface area contributed by atoms with Crippen molar-refractivity contribution in [3.05, 3.63) is 65.5 Å². The summed E-state index contributed by atoms with van der Waals surface area (Å²) in [5, 5.41) is 17.3. The first-order valence-corrected chi connectivity index (χ1v) is 12.8. The molecule has 3 rings (SSSR count). The number of nitrogens with one attached hydrogen (secondary N) is 3. The zero-order valence-electron chi connectivity index (χ0n) is 21.5. The highest BCUT2D eigenvalue weighted by Crippen LogP contribution is 2.27. The first kappa shape index (κ1) is 28.3. The third-order valence-electron chi connectivity index (χ3n) is 6.74. The van der Waals surface area contributed by atoms with Gasteiger partial charge in [-0.05, 0) is 48.1 Å². The van der Waals surface area contributed by atoms with Crippen LogP contribution in [0.2, 0.25) is 0 Å². The van der Waals surface area contributed by atoms with Gasteiger partial charge in [0.1, 0.15) is 18.1 Å². The van der Waals surface area contributed by atoms with Crippen LogP contribution in [0.15, 0.2) is 48.8 Å². The van der Waals surface area contributed by atoms with Crippen molar-refractivity contribution in [3.8, 4) is 6.07 Å². The van der Waals surface area contributed by atoms with Crippen LogP contribution in [0.25, 0.3) is 0 Å². The number of hydrogen-bond donors (Lipinski definition) is 4. The van der Waals surface area contributed by atoms with Gasteiger partial charge in [-0.1, -0.05) is 37.5 Å². The number of nitriles is 1. The molecule has 0 saturated heterocycles. The summed E-state index contributed by atoms with van der Waals surface area (Å²) in [7, 11) is 0. The first-order chi connectivity index (χ1) is 18.3.